The van der Waals surface area contributed by atoms with Crippen molar-refractivity contribution in [3.63, 3.8) is 0 Å². The fourth-order valence-corrected chi connectivity index (χ4v) is 2.48. The number of ether oxygens (including phenoxy) is 1. The summed E-state index contributed by atoms with van der Waals surface area (Å²) in [5.41, 5.74) is 7.31. The Morgan fingerprint density at radius 3 is 2.45 bits per heavy atom. The van der Waals surface area contributed by atoms with Crippen molar-refractivity contribution in [1.29, 1.82) is 0 Å². The van der Waals surface area contributed by atoms with Gasteiger partial charge in [0.2, 0.25) is 0 Å². The number of rotatable bonds is 4. The van der Waals surface area contributed by atoms with Gasteiger partial charge in [0.05, 0.1) is 0 Å². The minimum atomic E-state index is -0.295. The maximum atomic E-state index is 13.7. The van der Waals surface area contributed by atoms with Gasteiger partial charge in [-0.25, -0.2) is 4.39 Å². The second-order valence-corrected chi connectivity index (χ2v) is 6.33. The molecule has 2 aromatic carbocycles. The lowest BCUT2D eigenvalue weighted by Gasteiger charge is -2.15. The minimum absolute atomic E-state index is 0.145. The highest BCUT2D eigenvalue weighted by Crippen LogP contribution is 2.28. The third-order valence-corrected chi connectivity index (χ3v) is 3.85. The maximum Gasteiger partial charge on any atom is 0.130 e. The quantitative estimate of drug-likeness (QED) is 0.785. The molecule has 5 heteroatoms. The first-order chi connectivity index (χ1) is 9.47. The molecule has 0 saturated carbocycles. The van der Waals surface area contributed by atoms with Gasteiger partial charge in [-0.05, 0) is 31.2 Å². The first-order valence-corrected chi connectivity index (χ1v) is 7.67. The smallest absolute Gasteiger partial charge is 0.130 e. The van der Waals surface area contributed by atoms with Gasteiger partial charge in [0.1, 0.15) is 18.2 Å². The zero-order valence-corrected chi connectivity index (χ0v) is 14.0. The molecule has 0 saturated heterocycles. The van der Waals surface area contributed by atoms with Crippen LogP contribution >= 0.6 is 31.9 Å². The van der Waals surface area contributed by atoms with Crippen LogP contribution in [0.25, 0.3) is 0 Å². The molecule has 20 heavy (non-hydrogen) atoms. The zero-order valence-electron chi connectivity index (χ0n) is 10.9. The molecular formula is C15H14Br2FNO. The van der Waals surface area contributed by atoms with Crippen molar-refractivity contribution in [2.45, 2.75) is 19.6 Å². The van der Waals surface area contributed by atoms with Gasteiger partial charge in [0.15, 0.2) is 0 Å². The van der Waals surface area contributed by atoms with Crippen LogP contribution in [0.2, 0.25) is 0 Å². The molecule has 2 N–H and O–H groups in total. The maximum absolute atomic E-state index is 13.7. The molecule has 0 radical (unpaired) electrons. The molecule has 2 rings (SSSR count). The van der Waals surface area contributed by atoms with Crippen LogP contribution in [0.4, 0.5) is 4.39 Å². The molecule has 0 unspecified atom stereocenters. The number of nitrogens with two attached hydrogens (primary N) is 1. The van der Waals surface area contributed by atoms with E-state index < -0.39 is 0 Å². The van der Waals surface area contributed by atoms with Gasteiger partial charge in [-0.3, -0.25) is 0 Å². The minimum Gasteiger partial charge on any atom is -0.488 e. The van der Waals surface area contributed by atoms with E-state index >= 15 is 0 Å². The van der Waals surface area contributed by atoms with E-state index in [1.807, 2.05) is 25.1 Å². The molecule has 0 amide bonds. The van der Waals surface area contributed by atoms with Crippen LogP contribution in [0.1, 0.15) is 24.1 Å². The molecule has 0 aromatic heterocycles. The van der Waals surface area contributed by atoms with E-state index in [1.54, 1.807) is 12.1 Å². The molecule has 0 aliphatic carbocycles. The topological polar surface area (TPSA) is 35.2 Å². The Bertz CT molecular complexity index is 617. The van der Waals surface area contributed by atoms with Gasteiger partial charge in [0.25, 0.3) is 0 Å². The summed E-state index contributed by atoms with van der Waals surface area (Å²) in [5.74, 6) is 0.369. The van der Waals surface area contributed by atoms with E-state index in [2.05, 4.69) is 31.9 Å². The summed E-state index contributed by atoms with van der Waals surface area (Å²) in [6.07, 6.45) is 0. The third-order valence-electron chi connectivity index (χ3n) is 2.86. The van der Waals surface area contributed by atoms with Crippen molar-refractivity contribution in [1.82, 2.24) is 0 Å². The standard InChI is InChI=1S/C15H14Br2FNO/c1-9(19)13-5-4-12(17)7-15(13)20-8-10-2-3-11(16)6-14(10)18/h2-7,9H,8,19H2,1H3/t9-/m1/s1. The summed E-state index contributed by atoms with van der Waals surface area (Å²) in [6.45, 7) is 2.05. The van der Waals surface area contributed by atoms with Crippen LogP contribution in [0, 0.1) is 5.82 Å². The number of benzene rings is 2. The second kappa shape index (κ2) is 6.70. The molecule has 0 bridgehead atoms. The van der Waals surface area contributed by atoms with Crippen molar-refractivity contribution in [2.24, 2.45) is 5.73 Å². The molecule has 0 fully saturated rings. The molecule has 2 aromatic rings. The van der Waals surface area contributed by atoms with Crippen molar-refractivity contribution in [3.05, 3.63) is 62.3 Å². The van der Waals surface area contributed by atoms with Crippen molar-refractivity contribution in [2.75, 3.05) is 0 Å². The predicted octanol–water partition coefficient (Wildman–Crippen LogP) is 4.95. The molecular weight excluding hydrogens is 389 g/mol. The van der Waals surface area contributed by atoms with E-state index in [0.717, 1.165) is 10.0 Å². The van der Waals surface area contributed by atoms with Crippen LogP contribution in [0.15, 0.2) is 45.3 Å². The SMILES string of the molecule is C[C@@H](N)c1ccc(Br)cc1OCc1ccc(Br)cc1F. The number of halogens is 3. The van der Waals surface area contributed by atoms with E-state index in [1.165, 1.54) is 6.07 Å². The van der Waals surface area contributed by atoms with Gasteiger partial charge in [-0.15, -0.1) is 0 Å². The van der Waals surface area contributed by atoms with E-state index in [0.29, 0.717) is 15.8 Å². The molecule has 106 valence electrons. The first-order valence-electron chi connectivity index (χ1n) is 6.09. The largest absolute Gasteiger partial charge is 0.488 e. The zero-order chi connectivity index (χ0) is 14.7. The van der Waals surface area contributed by atoms with E-state index in [4.69, 9.17) is 10.5 Å². The molecule has 0 aliphatic rings. The summed E-state index contributed by atoms with van der Waals surface area (Å²) >= 11 is 6.62. The highest BCUT2D eigenvalue weighted by molar-refractivity contribution is 9.10. The van der Waals surface area contributed by atoms with E-state index in [9.17, 15) is 4.39 Å². The average Bonchev–Trinajstić information content (AvgIpc) is 2.37. The van der Waals surface area contributed by atoms with Gasteiger partial charge in [0, 0.05) is 26.1 Å². The molecule has 0 heterocycles. The molecule has 2 nitrogen and oxygen atoms in total. The Morgan fingerprint density at radius 2 is 1.80 bits per heavy atom. The van der Waals surface area contributed by atoms with Crippen LogP contribution in [0.3, 0.4) is 0 Å². The van der Waals surface area contributed by atoms with Gasteiger partial charge < -0.3 is 10.5 Å². The highest BCUT2D eigenvalue weighted by Gasteiger charge is 2.10. The number of hydrogen-bond donors (Lipinski definition) is 1. The van der Waals surface area contributed by atoms with E-state index in [-0.39, 0.29) is 18.5 Å². The highest BCUT2D eigenvalue weighted by atomic mass is 79.9. The Morgan fingerprint density at radius 1 is 1.15 bits per heavy atom. The van der Waals surface area contributed by atoms with Crippen molar-refractivity contribution < 1.29 is 9.13 Å². The Balaban J connectivity index is 2.20. The lowest BCUT2D eigenvalue weighted by Crippen LogP contribution is -2.08. The van der Waals surface area contributed by atoms with Gasteiger partial charge in [-0.1, -0.05) is 44.0 Å². The van der Waals surface area contributed by atoms with Gasteiger partial charge >= 0.3 is 0 Å². The molecule has 0 spiro atoms. The summed E-state index contributed by atoms with van der Waals surface area (Å²) in [5, 5.41) is 0. The third kappa shape index (κ3) is 3.81. The monoisotopic (exact) mass is 401 g/mol. The molecule has 0 aliphatic heterocycles. The summed E-state index contributed by atoms with van der Waals surface area (Å²) < 4.78 is 21.1. The first kappa shape index (κ1) is 15.5. The lowest BCUT2D eigenvalue weighted by molar-refractivity contribution is 0.295. The van der Waals surface area contributed by atoms with Crippen molar-refractivity contribution in [3.8, 4) is 5.75 Å². The second-order valence-electron chi connectivity index (χ2n) is 4.50. The Kier molecular flexibility index (Phi) is 5.18. The van der Waals surface area contributed by atoms with Gasteiger partial charge in [-0.2, -0.15) is 0 Å². The van der Waals surface area contributed by atoms with Crippen LogP contribution in [-0.2, 0) is 6.61 Å². The Hall–Kier alpha value is -0.910. The average molecular weight is 403 g/mol. The van der Waals surface area contributed by atoms with Crippen molar-refractivity contribution >= 4 is 31.9 Å². The molecule has 1 atom stereocenters. The predicted molar refractivity (Wildman–Crippen MR) is 85.2 cm³/mol. The summed E-state index contributed by atoms with van der Waals surface area (Å²) in [4.78, 5) is 0. The van der Waals surface area contributed by atoms with Crippen LogP contribution in [0.5, 0.6) is 5.75 Å². The summed E-state index contributed by atoms with van der Waals surface area (Å²) in [7, 11) is 0. The van der Waals surface area contributed by atoms with Crippen LogP contribution in [-0.4, -0.2) is 0 Å². The normalized spacial score (nSPS) is 12.2. The lowest BCUT2D eigenvalue weighted by atomic mass is 10.1. The van der Waals surface area contributed by atoms with Crippen LogP contribution < -0.4 is 10.5 Å². The fourth-order valence-electron chi connectivity index (χ4n) is 1.80. The fraction of sp³-hybridized carbons (Fsp3) is 0.200. The Labute approximate surface area is 134 Å². The summed E-state index contributed by atoms with van der Waals surface area (Å²) in [6, 6.07) is 10.4. The number of hydrogen-bond acceptors (Lipinski definition) is 2.